The van der Waals surface area contributed by atoms with Crippen molar-refractivity contribution in [2.75, 3.05) is 26.7 Å². The average molecular weight is 352 g/mol. The average Bonchev–Trinajstić information content (AvgIpc) is 3.09. The predicted octanol–water partition coefficient (Wildman–Crippen LogP) is 0.00488. The van der Waals surface area contributed by atoms with Gasteiger partial charge in [-0.15, -0.1) is 0 Å². The molecule has 9 heteroatoms. The maximum atomic E-state index is 12.5. The molecule has 1 amide bonds. The van der Waals surface area contributed by atoms with Gasteiger partial charge >= 0.3 is 0 Å². The van der Waals surface area contributed by atoms with Gasteiger partial charge in [0.05, 0.1) is 17.4 Å². The third kappa shape index (κ3) is 4.01. The highest BCUT2D eigenvalue weighted by atomic mass is 32.2. The Bertz CT molecular complexity index is 803. The van der Waals surface area contributed by atoms with Gasteiger partial charge in [-0.05, 0) is 18.9 Å². The largest absolute Gasteiger partial charge is 0.343 e. The Morgan fingerprint density at radius 1 is 1.33 bits per heavy atom. The molecule has 0 saturated carbocycles. The maximum Gasteiger partial charge on any atom is 0.251 e. The highest BCUT2D eigenvalue weighted by Crippen LogP contribution is 2.19. The molecule has 1 saturated heterocycles. The summed E-state index contributed by atoms with van der Waals surface area (Å²) in [6.07, 6.45) is 3.05. The quantitative estimate of drug-likeness (QED) is 0.717. The van der Waals surface area contributed by atoms with Gasteiger partial charge in [0.15, 0.2) is 0 Å². The first-order valence-electron chi connectivity index (χ1n) is 7.68. The molecule has 1 aromatic heterocycles. The number of carbonyl (C=O) groups is 1. The standard InChI is InChI=1S/C15H20N4O4S/c1-17(8-4-7-16)15(21)12-18-11-13(5-6-14(18)20)24(22,23)19-9-2-3-10-19/h5-6,11H,2-4,8-10,12H2,1H3. The van der Waals surface area contributed by atoms with Crippen LogP contribution >= 0.6 is 0 Å². The monoisotopic (exact) mass is 352 g/mol. The Kier molecular flexibility index (Phi) is 5.75. The zero-order valence-electron chi connectivity index (χ0n) is 13.5. The van der Waals surface area contributed by atoms with Gasteiger partial charge in [-0.1, -0.05) is 0 Å². The number of nitrogens with zero attached hydrogens (tertiary/aromatic N) is 4. The molecular formula is C15H20N4O4S. The molecule has 0 unspecified atom stereocenters. The van der Waals surface area contributed by atoms with Crippen molar-refractivity contribution in [1.82, 2.24) is 13.8 Å². The zero-order valence-corrected chi connectivity index (χ0v) is 14.3. The lowest BCUT2D eigenvalue weighted by molar-refractivity contribution is -0.130. The molecule has 130 valence electrons. The van der Waals surface area contributed by atoms with Crippen LogP contribution < -0.4 is 5.56 Å². The van der Waals surface area contributed by atoms with E-state index >= 15 is 0 Å². The lowest BCUT2D eigenvalue weighted by Gasteiger charge is -2.18. The van der Waals surface area contributed by atoms with Crippen molar-refractivity contribution in [2.24, 2.45) is 0 Å². The number of likely N-dealkylation sites (N-methyl/N-ethyl adjacent to an activating group) is 1. The van der Waals surface area contributed by atoms with Crippen molar-refractivity contribution in [3.05, 3.63) is 28.7 Å². The summed E-state index contributed by atoms with van der Waals surface area (Å²) in [5.41, 5.74) is -0.447. The van der Waals surface area contributed by atoms with E-state index in [0.29, 0.717) is 13.1 Å². The molecule has 0 bridgehead atoms. The van der Waals surface area contributed by atoms with Crippen LogP contribution in [-0.4, -0.2) is 54.8 Å². The zero-order chi connectivity index (χ0) is 17.7. The van der Waals surface area contributed by atoms with Crippen LogP contribution in [0.3, 0.4) is 0 Å². The first-order chi connectivity index (χ1) is 11.4. The molecule has 0 spiro atoms. The Morgan fingerprint density at radius 2 is 2.00 bits per heavy atom. The third-order valence-electron chi connectivity index (χ3n) is 3.95. The maximum absolute atomic E-state index is 12.5. The van der Waals surface area contributed by atoms with E-state index in [4.69, 9.17) is 5.26 Å². The predicted molar refractivity (Wildman–Crippen MR) is 86.6 cm³/mol. The molecule has 1 aliphatic heterocycles. The number of amides is 1. The van der Waals surface area contributed by atoms with E-state index < -0.39 is 15.6 Å². The second-order valence-electron chi connectivity index (χ2n) is 5.67. The second-order valence-corrected chi connectivity index (χ2v) is 7.60. The molecular weight excluding hydrogens is 332 g/mol. The van der Waals surface area contributed by atoms with E-state index in [2.05, 4.69) is 0 Å². The minimum absolute atomic E-state index is 0.0106. The molecule has 0 aliphatic carbocycles. The van der Waals surface area contributed by atoms with Crippen molar-refractivity contribution in [3.8, 4) is 6.07 Å². The van der Waals surface area contributed by atoms with Crippen molar-refractivity contribution in [2.45, 2.75) is 30.7 Å². The third-order valence-corrected chi connectivity index (χ3v) is 5.83. The molecule has 0 N–H and O–H groups in total. The van der Waals surface area contributed by atoms with Gasteiger partial charge in [0.25, 0.3) is 5.56 Å². The summed E-state index contributed by atoms with van der Waals surface area (Å²) in [7, 11) is -2.11. The Labute approximate surface area is 141 Å². The van der Waals surface area contributed by atoms with Gasteiger partial charge in [-0.2, -0.15) is 9.57 Å². The molecule has 2 heterocycles. The first-order valence-corrected chi connectivity index (χ1v) is 9.12. The van der Waals surface area contributed by atoms with Gasteiger partial charge in [0, 0.05) is 38.9 Å². The van der Waals surface area contributed by atoms with Crippen LogP contribution in [0.1, 0.15) is 19.3 Å². The number of nitriles is 1. The number of sulfonamides is 1. The molecule has 1 aliphatic rings. The molecule has 0 radical (unpaired) electrons. The number of hydrogen-bond donors (Lipinski definition) is 0. The highest BCUT2D eigenvalue weighted by Gasteiger charge is 2.27. The molecule has 2 rings (SSSR count). The van der Waals surface area contributed by atoms with E-state index in [-0.39, 0.29) is 30.3 Å². The normalized spacial score (nSPS) is 15.2. The van der Waals surface area contributed by atoms with Crippen molar-refractivity contribution >= 4 is 15.9 Å². The van der Waals surface area contributed by atoms with Gasteiger partial charge in [0.2, 0.25) is 15.9 Å². The van der Waals surface area contributed by atoms with E-state index in [1.54, 1.807) is 0 Å². The summed E-state index contributed by atoms with van der Waals surface area (Å²) in [6.45, 7) is 0.939. The number of carbonyl (C=O) groups excluding carboxylic acids is 1. The minimum atomic E-state index is -3.64. The fraction of sp³-hybridized carbons (Fsp3) is 0.533. The van der Waals surface area contributed by atoms with Gasteiger partial charge in [0.1, 0.15) is 6.54 Å². The fourth-order valence-electron chi connectivity index (χ4n) is 2.47. The number of rotatable bonds is 6. The second kappa shape index (κ2) is 7.59. The lowest BCUT2D eigenvalue weighted by atomic mass is 10.4. The molecule has 8 nitrogen and oxygen atoms in total. The highest BCUT2D eigenvalue weighted by molar-refractivity contribution is 7.89. The summed E-state index contributed by atoms with van der Waals surface area (Å²) < 4.78 is 27.6. The molecule has 0 aromatic carbocycles. The van der Waals surface area contributed by atoms with Crippen molar-refractivity contribution < 1.29 is 13.2 Å². The van der Waals surface area contributed by atoms with Crippen molar-refractivity contribution in [3.63, 3.8) is 0 Å². The molecule has 24 heavy (non-hydrogen) atoms. The Balaban J connectivity index is 2.21. The molecule has 1 aromatic rings. The van der Waals surface area contributed by atoms with Crippen molar-refractivity contribution in [1.29, 1.82) is 5.26 Å². The topological polar surface area (TPSA) is 103 Å². The SMILES string of the molecule is CN(CCC#N)C(=O)Cn1cc(S(=O)(=O)N2CCCC2)ccc1=O. The number of aromatic nitrogens is 1. The van der Waals surface area contributed by atoms with E-state index in [1.807, 2.05) is 6.07 Å². The van der Waals surface area contributed by atoms with Crippen LogP contribution in [0.15, 0.2) is 28.0 Å². The summed E-state index contributed by atoms with van der Waals surface area (Å²) >= 11 is 0. The Morgan fingerprint density at radius 3 is 2.62 bits per heavy atom. The van der Waals surface area contributed by atoms with Crippen LogP contribution in [-0.2, 0) is 21.4 Å². The van der Waals surface area contributed by atoms with Crippen LogP contribution in [0.5, 0.6) is 0 Å². The van der Waals surface area contributed by atoms with Crippen LogP contribution in [0.25, 0.3) is 0 Å². The summed E-state index contributed by atoms with van der Waals surface area (Å²) in [5, 5.41) is 8.55. The lowest BCUT2D eigenvalue weighted by Crippen LogP contribution is -2.35. The van der Waals surface area contributed by atoms with Crippen LogP contribution in [0, 0.1) is 11.3 Å². The van der Waals surface area contributed by atoms with Gasteiger partial charge in [-0.25, -0.2) is 8.42 Å². The van der Waals surface area contributed by atoms with Crippen LogP contribution in [0.2, 0.25) is 0 Å². The smallest absolute Gasteiger partial charge is 0.251 e. The van der Waals surface area contributed by atoms with Gasteiger partial charge < -0.3 is 9.47 Å². The fourth-order valence-corrected chi connectivity index (χ4v) is 4.01. The Hall–Kier alpha value is -2.18. The first kappa shape index (κ1) is 18.2. The summed E-state index contributed by atoms with van der Waals surface area (Å²) in [6, 6.07) is 4.37. The number of hydrogen-bond acceptors (Lipinski definition) is 5. The minimum Gasteiger partial charge on any atom is -0.343 e. The van der Waals surface area contributed by atoms with Crippen LogP contribution in [0.4, 0.5) is 0 Å². The summed E-state index contributed by atoms with van der Waals surface area (Å²) in [4.78, 5) is 25.4. The summed E-state index contributed by atoms with van der Waals surface area (Å²) in [5.74, 6) is -0.358. The number of pyridine rings is 1. The van der Waals surface area contributed by atoms with E-state index in [9.17, 15) is 18.0 Å². The molecule has 1 fully saturated rings. The van der Waals surface area contributed by atoms with E-state index in [0.717, 1.165) is 23.5 Å². The van der Waals surface area contributed by atoms with Gasteiger partial charge in [-0.3, -0.25) is 9.59 Å². The van der Waals surface area contributed by atoms with E-state index in [1.165, 1.54) is 28.5 Å². The molecule has 0 atom stereocenters.